The molecule has 1 aromatic heterocycles. The van der Waals surface area contributed by atoms with Crippen molar-refractivity contribution in [1.82, 2.24) is 20.5 Å². The molecule has 1 unspecified atom stereocenters. The molecule has 0 bridgehead atoms. The van der Waals surface area contributed by atoms with Crippen molar-refractivity contribution in [3.63, 3.8) is 0 Å². The molecular weight excluding hydrogens is 316 g/mol. The SMILES string of the molecule is O=C(NCC(O)C1CCCC1)c1ccc(-c2n[nH]c(C3CC3)n2)cc1. The predicted octanol–water partition coefficient (Wildman–Crippen LogP) is 2.63. The summed E-state index contributed by atoms with van der Waals surface area (Å²) in [6.45, 7) is 0.316. The summed E-state index contributed by atoms with van der Waals surface area (Å²) in [7, 11) is 0. The van der Waals surface area contributed by atoms with E-state index in [4.69, 9.17) is 0 Å². The van der Waals surface area contributed by atoms with Crippen molar-refractivity contribution in [1.29, 1.82) is 0 Å². The molecule has 1 aromatic carbocycles. The second-order valence-corrected chi connectivity index (χ2v) is 7.22. The van der Waals surface area contributed by atoms with Crippen LogP contribution in [-0.2, 0) is 0 Å². The maximum absolute atomic E-state index is 12.3. The molecule has 4 rings (SSSR count). The van der Waals surface area contributed by atoms with Gasteiger partial charge in [0.05, 0.1) is 6.10 Å². The lowest BCUT2D eigenvalue weighted by Gasteiger charge is -2.18. The molecule has 0 spiro atoms. The smallest absolute Gasteiger partial charge is 0.251 e. The molecule has 2 aliphatic carbocycles. The van der Waals surface area contributed by atoms with Crippen LogP contribution in [0.4, 0.5) is 0 Å². The Kier molecular flexibility index (Phi) is 4.53. The van der Waals surface area contributed by atoms with Crippen LogP contribution in [0.3, 0.4) is 0 Å². The first-order valence-corrected chi connectivity index (χ1v) is 9.19. The Morgan fingerprint density at radius 3 is 2.60 bits per heavy atom. The maximum Gasteiger partial charge on any atom is 0.251 e. The first kappa shape index (κ1) is 16.3. The molecule has 25 heavy (non-hydrogen) atoms. The van der Waals surface area contributed by atoms with E-state index in [9.17, 15) is 9.90 Å². The van der Waals surface area contributed by atoms with E-state index in [0.717, 1.165) is 24.2 Å². The lowest BCUT2D eigenvalue weighted by Crippen LogP contribution is -2.35. The zero-order valence-corrected chi connectivity index (χ0v) is 14.2. The summed E-state index contributed by atoms with van der Waals surface area (Å²) in [4.78, 5) is 16.8. The van der Waals surface area contributed by atoms with E-state index in [1.165, 1.54) is 25.7 Å². The highest BCUT2D eigenvalue weighted by Gasteiger charge is 2.27. The Labute approximate surface area is 147 Å². The molecule has 0 saturated heterocycles. The minimum absolute atomic E-state index is 0.155. The highest BCUT2D eigenvalue weighted by atomic mass is 16.3. The summed E-state index contributed by atoms with van der Waals surface area (Å²) in [6.07, 6.45) is 6.40. The number of hydrogen-bond donors (Lipinski definition) is 3. The summed E-state index contributed by atoms with van der Waals surface area (Å²) < 4.78 is 0. The Balaban J connectivity index is 1.34. The second kappa shape index (κ2) is 6.96. The van der Waals surface area contributed by atoms with E-state index in [-0.39, 0.29) is 5.91 Å². The Bertz CT molecular complexity index is 730. The number of carbonyl (C=O) groups excluding carboxylic acids is 1. The van der Waals surface area contributed by atoms with Crippen LogP contribution in [0.15, 0.2) is 24.3 Å². The molecule has 1 heterocycles. The van der Waals surface area contributed by atoms with Gasteiger partial charge in [-0.25, -0.2) is 4.98 Å². The number of benzene rings is 1. The summed E-state index contributed by atoms with van der Waals surface area (Å²) in [5.74, 6) is 2.34. The van der Waals surface area contributed by atoms with Gasteiger partial charge in [-0.15, -0.1) is 0 Å². The molecule has 2 fully saturated rings. The molecule has 0 aliphatic heterocycles. The van der Waals surface area contributed by atoms with Crippen molar-refractivity contribution in [3.05, 3.63) is 35.7 Å². The van der Waals surface area contributed by atoms with Crippen LogP contribution in [0.1, 0.15) is 60.6 Å². The number of rotatable bonds is 6. The van der Waals surface area contributed by atoms with E-state index >= 15 is 0 Å². The van der Waals surface area contributed by atoms with Crippen molar-refractivity contribution in [2.45, 2.75) is 50.5 Å². The van der Waals surface area contributed by atoms with Gasteiger partial charge < -0.3 is 10.4 Å². The van der Waals surface area contributed by atoms with Crippen molar-refractivity contribution in [2.75, 3.05) is 6.54 Å². The zero-order valence-electron chi connectivity index (χ0n) is 14.2. The summed E-state index contributed by atoms with van der Waals surface area (Å²) in [5, 5.41) is 20.2. The fraction of sp³-hybridized carbons (Fsp3) is 0.526. The topological polar surface area (TPSA) is 90.9 Å². The molecule has 132 valence electrons. The Morgan fingerprint density at radius 1 is 1.20 bits per heavy atom. The van der Waals surface area contributed by atoms with Crippen LogP contribution < -0.4 is 5.32 Å². The van der Waals surface area contributed by atoms with Gasteiger partial charge in [0.1, 0.15) is 5.82 Å². The first-order chi connectivity index (χ1) is 12.2. The molecule has 1 amide bonds. The summed E-state index contributed by atoms with van der Waals surface area (Å²) in [5.41, 5.74) is 1.48. The second-order valence-electron chi connectivity index (χ2n) is 7.22. The van der Waals surface area contributed by atoms with Crippen LogP contribution in [0.5, 0.6) is 0 Å². The van der Waals surface area contributed by atoms with E-state index in [1.54, 1.807) is 12.1 Å². The number of carbonyl (C=O) groups is 1. The van der Waals surface area contributed by atoms with Crippen molar-refractivity contribution in [2.24, 2.45) is 5.92 Å². The van der Waals surface area contributed by atoms with Crippen LogP contribution in [0.25, 0.3) is 11.4 Å². The molecular formula is C19H24N4O2. The van der Waals surface area contributed by atoms with Gasteiger partial charge in [0.15, 0.2) is 5.82 Å². The van der Waals surface area contributed by atoms with Gasteiger partial charge in [0.2, 0.25) is 0 Å². The minimum Gasteiger partial charge on any atom is -0.391 e. The van der Waals surface area contributed by atoms with Gasteiger partial charge in [-0.3, -0.25) is 9.89 Å². The molecule has 1 atom stereocenters. The normalized spacial score (nSPS) is 19.1. The maximum atomic E-state index is 12.3. The number of amides is 1. The van der Waals surface area contributed by atoms with Gasteiger partial charge in [-0.1, -0.05) is 25.0 Å². The van der Waals surface area contributed by atoms with Crippen LogP contribution in [0, 0.1) is 5.92 Å². The fourth-order valence-corrected chi connectivity index (χ4v) is 3.52. The molecule has 6 nitrogen and oxygen atoms in total. The highest BCUT2D eigenvalue weighted by molar-refractivity contribution is 5.94. The number of H-pyrrole nitrogens is 1. The molecule has 6 heteroatoms. The van der Waals surface area contributed by atoms with Crippen LogP contribution in [-0.4, -0.2) is 38.8 Å². The first-order valence-electron chi connectivity index (χ1n) is 9.19. The van der Waals surface area contributed by atoms with Crippen molar-refractivity contribution in [3.8, 4) is 11.4 Å². The van der Waals surface area contributed by atoms with E-state index in [1.807, 2.05) is 12.1 Å². The van der Waals surface area contributed by atoms with Crippen molar-refractivity contribution >= 4 is 5.91 Å². The third-order valence-corrected chi connectivity index (χ3v) is 5.29. The fourth-order valence-electron chi connectivity index (χ4n) is 3.52. The van der Waals surface area contributed by atoms with Gasteiger partial charge >= 0.3 is 0 Å². The van der Waals surface area contributed by atoms with E-state index in [0.29, 0.717) is 29.8 Å². The van der Waals surface area contributed by atoms with Crippen LogP contribution >= 0.6 is 0 Å². The zero-order chi connectivity index (χ0) is 17.2. The van der Waals surface area contributed by atoms with Gasteiger partial charge in [-0.2, -0.15) is 5.10 Å². The summed E-state index contributed by atoms with van der Waals surface area (Å²) in [6, 6.07) is 7.28. The van der Waals surface area contributed by atoms with Gasteiger partial charge in [0.25, 0.3) is 5.91 Å². The number of aliphatic hydroxyl groups is 1. The number of nitrogens with zero attached hydrogens (tertiary/aromatic N) is 2. The quantitative estimate of drug-likeness (QED) is 0.754. The molecule has 3 N–H and O–H groups in total. The van der Waals surface area contributed by atoms with Gasteiger partial charge in [-0.05, 0) is 43.7 Å². The molecule has 2 aromatic rings. The van der Waals surface area contributed by atoms with E-state index in [2.05, 4.69) is 20.5 Å². The molecule has 2 aliphatic rings. The average molecular weight is 340 g/mol. The highest BCUT2D eigenvalue weighted by Crippen LogP contribution is 2.38. The van der Waals surface area contributed by atoms with Crippen LogP contribution in [0.2, 0.25) is 0 Å². The number of aromatic amines is 1. The largest absolute Gasteiger partial charge is 0.391 e. The molecule has 2 saturated carbocycles. The van der Waals surface area contributed by atoms with Gasteiger partial charge in [0, 0.05) is 23.6 Å². The number of aliphatic hydroxyl groups excluding tert-OH is 1. The Morgan fingerprint density at radius 2 is 1.92 bits per heavy atom. The third kappa shape index (κ3) is 3.74. The number of hydrogen-bond acceptors (Lipinski definition) is 4. The Hall–Kier alpha value is -2.21. The lowest BCUT2D eigenvalue weighted by atomic mass is 10.0. The average Bonchev–Trinajstić information content (AvgIpc) is 3.14. The number of aromatic nitrogens is 3. The number of nitrogens with one attached hydrogen (secondary N) is 2. The summed E-state index contributed by atoms with van der Waals surface area (Å²) >= 11 is 0. The lowest BCUT2D eigenvalue weighted by molar-refractivity contribution is 0.0840. The predicted molar refractivity (Wildman–Crippen MR) is 94.1 cm³/mol. The monoisotopic (exact) mass is 340 g/mol. The van der Waals surface area contributed by atoms with Crippen molar-refractivity contribution < 1.29 is 9.90 Å². The molecule has 0 radical (unpaired) electrons. The van der Waals surface area contributed by atoms with E-state index < -0.39 is 6.10 Å². The standard InChI is InChI=1S/C19H24N4O2/c24-16(12-3-1-2-4-12)11-20-19(25)15-9-7-14(8-10-15)18-21-17(22-23-18)13-5-6-13/h7-10,12-13,16,24H,1-6,11H2,(H,20,25)(H,21,22,23). The minimum atomic E-state index is -0.445. The third-order valence-electron chi connectivity index (χ3n) is 5.29.